The van der Waals surface area contributed by atoms with Gasteiger partial charge in [-0.15, -0.1) is 12.4 Å². The maximum absolute atomic E-state index is 6.00. The molecule has 0 saturated carbocycles. The minimum absolute atomic E-state index is 0. The molecule has 1 unspecified atom stereocenters. The Labute approximate surface area is 133 Å². The lowest BCUT2D eigenvalue weighted by Crippen LogP contribution is -2.43. The van der Waals surface area contributed by atoms with Crippen molar-refractivity contribution in [1.29, 1.82) is 0 Å². The molecule has 3 nitrogen and oxygen atoms in total. The van der Waals surface area contributed by atoms with E-state index in [2.05, 4.69) is 42.4 Å². The Balaban J connectivity index is 0.00000161. The van der Waals surface area contributed by atoms with Gasteiger partial charge in [0.2, 0.25) is 0 Å². The Morgan fingerprint density at radius 2 is 2.14 bits per heavy atom. The number of aryl methyl sites for hydroxylation is 1. The predicted molar refractivity (Wildman–Crippen MR) is 90.2 cm³/mol. The molecule has 4 heteroatoms. The standard InChI is InChI=1S/C17H24N2O.ClH/c1-3-16-15(14-8-4-5-9-17(14)20-16)12-19-10-6-7-13(11-19)18-2;/h4-5,8-9,13,18H,3,6-7,10-12H2,1-2H3;1H. The number of furan rings is 1. The van der Waals surface area contributed by atoms with E-state index in [0.717, 1.165) is 30.9 Å². The van der Waals surface area contributed by atoms with Crippen LogP contribution in [0.5, 0.6) is 0 Å². The summed E-state index contributed by atoms with van der Waals surface area (Å²) in [5.41, 5.74) is 2.42. The first-order valence-electron chi connectivity index (χ1n) is 7.70. The number of likely N-dealkylation sites (N-methyl/N-ethyl adjacent to an activating group) is 1. The Morgan fingerprint density at radius 1 is 1.33 bits per heavy atom. The summed E-state index contributed by atoms with van der Waals surface area (Å²) in [5, 5.41) is 4.70. The molecule has 1 N–H and O–H groups in total. The van der Waals surface area contributed by atoms with Crippen molar-refractivity contribution in [1.82, 2.24) is 10.2 Å². The van der Waals surface area contributed by atoms with Crippen LogP contribution in [0.1, 0.15) is 31.1 Å². The Kier molecular flexibility index (Phi) is 5.68. The van der Waals surface area contributed by atoms with Crippen molar-refractivity contribution in [3.63, 3.8) is 0 Å². The fourth-order valence-corrected chi connectivity index (χ4v) is 3.27. The van der Waals surface area contributed by atoms with Gasteiger partial charge in [0.05, 0.1) is 0 Å². The Bertz CT molecular complexity index is 581. The summed E-state index contributed by atoms with van der Waals surface area (Å²) in [6.45, 7) is 5.52. The first-order chi connectivity index (χ1) is 9.81. The van der Waals surface area contributed by atoms with Crippen molar-refractivity contribution < 1.29 is 4.42 Å². The minimum Gasteiger partial charge on any atom is -0.461 e. The maximum Gasteiger partial charge on any atom is 0.134 e. The second kappa shape index (κ2) is 7.30. The van der Waals surface area contributed by atoms with E-state index in [1.807, 2.05) is 6.07 Å². The van der Waals surface area contributed by atoms with Crippen LogP contribution < -0.4 is 5.32 Å². The van der Waals surface area contributed by atoms with Crippen LogP contribution >= 0.6 is 12.4 Å². The third-order valence-corrected chi connectivity index (χ3v) is 4.40. The second-order valence-electron chi connectivity index (χ2n) is 5.72. The van der Waals surface area contributed by atoms with Crippen LogP contribution in [0.2, 0.25) is 0 Å². The van der Waals surface area contributed by atoms with Gasteiger partial charge in [0.1, 0.15) is 11.3 Å². The predicted octanol–water partition coefficient (Wildman–Crippen LogP) is 3.60. The van der Waals surface area contributed by atoms with Gasteiger partial charge in [-0.05, 0) is 32.5 Å². The summed E-state index contributed by atoms with van der Waals surface area (Å²) >= 11 is 0. The topological polar surface area (TPSA) is 28.4 Å². The number of fused-ring (bicyclic) bond motifs is 1. The third-order valence-electron chi connectivity index (χ3n) is 4.40. The van der Waals surface area contributed by atoms with E-state index < -0.39 is 0 Å². The van der Waals surface area contributed by atoms with Gasteiger partial charge in [-0.1, -0.05) is 25.1 Å². The number of halogens is 1. The normalized spacial score (nSPS) is 19.6. The van der Waals surface area contributed by atoms with Gasteiger partial charge < -0.3 is 9.73 Å². The quantitative estimate of drug-likeness (QED) is 0.935. The number of hydrogen-bond acceptors (Lipinski definition) is 3. The van der Waals surface area contributed by atoms with Crippen molar-refractivity contribution in [2.75, 3.05) is 20.1 Å². The highest BCUT2D eigenvalue weighted by atomic mass is 35.5. The number of nitrogens with zero attached hydrogens (tertiary/aromatic N) is 1. The summed E-state index contributed by atoms with van der Waals surface area (Å²) in [4.78, 5) is 2.56. The first-order valence-corrected chi connectivity index (χ1v) is 7.70. The van der Waals surface area contributed by atoms with Crippen molar-refractivity contribution in [3.8, 4) is 0 Å². The van der Waals surface area contributed by atoms with E-state index in [1.54, 1.807) is 0 Å². The average molecular weight is 309 g/mol. The summed E-state index contributed by atoms with van der Waals surface area (Å²) in [7, 11) is 2.07. The number of hydrogen-bond donors (Lipinski definition) is 1. The highest BCUT2D eigenvalue weighted by Gasteiger charge is 2.21. The van der Waals surface area contributed by atoms with Gasteiger partial charge in [-0.2, -0.15) is 0 Å². The Morgan fingerprint density at radius 3 is 2.90 bits per heavy atom. The molecule has 2 aromatic rings. The molecule has 1 aromatic heterocycles. The first kappa shape index (κ1) is 16.3. The van der Waals surface area contributed by atoms with E-state index in [9.17, 15) is 0 Å². The van der Waals surface area contributed by atoms with Crippen LogP contribution in [-0.4, -0.2) is 31.1 Å². The molecule has 1 aliphatic heterocycles. The minimum atomic E-state index is 0. The highest BCUT2D eigenvalue weighted by Crippen LogP contribution is 2.28. The SMILES string of the molecule is CCc1oc2ccccc2c1CN1CCCC(NC)C1.Cl. The largest absolute Gasteiger partial charge is 0.461 e. The van der Waals surface area contributed by atoms with Crippen molar-refractivity contribution >= 4 is 23.4 Å². The molecule has 1 atom stereocenters. The second-order valence-corrected chi connectivity index (χ2v) is 5.72. The van der Waals surface area contributed by atoms with Gasteiger partial charge in [-0.3, -0.25) is 4.90 Å². The molecule has 1 fully saturated rings. The van der Waals surface area contributed by atoms with Gasteiger partial charge in [0.25, 0.3) is 0 Å². The smallest absolute Gasteiger partial charge is 0.134 e. The number of rotatable bonds is 4. The van der Waals surface area contributed by atoms with Crippen LogP contribution in [0.25, 0.3) is 11.0 Å². The van der Waals surface area contributed by atoms with Crippen molar-refractivity contribution in [2.24, 2.45) is 0 Å². The molecule has 1 saturated heterocycles. The molecular weight excluding hydrogens is 284 g/mol. The number of likely N-dealkylation sites (tertiary alicyclic amines) is 1. The van der Waals surface area contributed by atoms with Crippen LogP contribution in [-0.2, 0) is 13.0 Å². The third kappa shape index (κ3) is 3.42. The number of piperidine rings is 1. The highest BCUT2D eigenvalue weighted by molar-refractivity contribution is 5.85. The number of nitrogens with one attached hydrogen (secondary N) is 1. The molecule has 116 valence electrons. The van der Waals surface area contributed by atoms with Gasteiger partial charge in [0.15, 0.2) is 0 Å². The molecular formula is C17H25ClN2O. The van der Waals surface area contributed by atoms with Gasteiger partial charge in [0, 0.05) is 36.5 Å². The molecule has 21 heavy (non-hydrogen) atoms. The lowest BCUT2D eigenvalue weighted by Gasteiger charge is -2.32. The molecule has 3 rings (SSSR count). The lowest BCUT2D eigenvalue weighted by molar-refractivity contribution is 0.187. The summed E-state index contributed by atoms with van der Waals surface area (Å²) in [6.07, 6.45) is 3.54. The molecule has 0 amide bonds. The van der Waals surface area contributed by atoms with Gasteiger partial charge in [-0.25, -0.2) is 0 Å². The van der Waals surface area contributed by atoms with E-state index in [4.69, 9.17) is 4.42 Å². The molecule has 0 radical (unpaired) electrons. The number of benzene rings is 1. The summed E-state index contributed by atoms with van der Waals surface area (Å²) < 4.78 is 6.00. The fraction of sp³-hybridized carbons (Fsp3) is 0.529. The zero-order valence-electron chi connectivity index (χ0n) is 12.9. The zero-order chi connectivity index (χ0) is 13.9. The van der Waals surface area contributed by atoms with E-state index in [0.29, 0.717) is 6.04 Å². The zero-order valence-corrected chi connectivity index (χ0v) is 13.7. The molecule has 0 spiro atoms. The molecule has 1 aliphatic rings. The summed E-state index contributed by atoms with van der Waals surface area (Å²) in [6, 6.07) is 9.05. The van der Waals surface area contributed by atoms with Crippen LogP contribution in [0.4, 0.5) is 0 Å². The molecule has 0 bridgehead atoms. The monoisotopic (exact) mass is 308 g/mol. The molecule has 1 aromatic carbocycles. The number of para-hydroxylation sites is 1. The molecule has 2 heterocycles. The van der Waals surface area contributed by atoms with E-state index >= 15 is 0 Å². The summed E-state index contributed by atoms with van der Waals surface area (Å²) in [5.74, 6) is 1.15. The van der Waals surface area contributed by atoms with E-state index in [-0.39, 0.29) is 12.4 Å². The fourth-order valence-electron chi connectivity index (χ4n) is 3.27. The van der Waals surface area contributed by atoms with Gasteiger partial charge >= 0.3 is 0 Å². The van der Waals surface area contributed by atoms with Crippen LogP contribution in [0.15, 0.2) is 28.7 Å². The van der Waals surface area contributed by atoms with E-state index in [1.165, 1.54) is 30.3 Å². The maximum atomic E-state index is 6.00. The lowest BCUT2D eigenvalue weighted by atomic mass is 10.0. The molecule has 0 aliphatic carbocycles. The Hall–Kier alpha value is -1.03. The van der Waals surface area contributed by atoms with Crippen molar-refractivity contribution in [2.45, 2.75) is 38.8 Å². The van der Waals surface area contributed by atoms with Crippen LogP contribution in [0, 0.1) is 0 Å². The average Bonchev–Trinajstić information content (AvgIpc) is 2.85. The van der Waals surface area contributed by atoms with Crippen molar-refractivity contribution in [3.05, 3.63) is 35.6 Å². The van der Waals surface area contributed by atoms with Crippen LogP contribution in [0.3, 0.4) is 0 Å².